The molecule has 7 heteroatoms. The molecule has 0 aliphatic carbocycles. The van der Waals surface area contributed by atoms with Crippen LogP contribution in [0.3, 0.4) is 0 Å². The first-order valence-corrected chi connectivity index (χ1v) is 8.19. The maximum Gasteiger partial charge on any atom is 0.166 e. The van der Waals surface area contributed by atoms with Crippen LogP contribution >= 0.6 is 12.2 Å². The lowest BCUT2D eigenvalue weighted by Crippen LogP contribution is -2.44. The molecule has 1 aromatic carbocycles. The summed E-state index contributed by atoms with van der Waals surface area (Å²) in [5.74, 6) is -0.128. The zero-order valence-corrected chi connectivity index (χ0v) is 14.4. The SMILES string of the molecule is COc1ccc([C@H](C)NC(=S)NCCN2CCOCC2)cc1F. The molecule has 1 heterocycles. The summed E-state index contributed by atoms with van der Waals surface area (Å²) in [5.41, 5.74) is 0.820. The monoisotopic (exact) mass is 341 g/mol. The molecular weight excluding hydrogens is 317 g/mol. The first-order chi connectivity index (χ1) is 11.1. The number of methoxy groups -OCH3 is 1. The van der Waals surface area contributed by atoms with Gasteiger partial charge in [0, 0.05) is 26.2 Å². The molecule has 1 saturated heterocycles. The Hall–Kier alpha value is -1.44. The Morgan fingerprint density at radius 3 is 2.83 bits per heavy atom. The van der Waals surface area contributed by atoms with Crippen molar-refractivity contribution in [2.45, 2.75) is 13.0 Å². The lowest BCUT2D eigenvalue weighted by molar-refractivity contribution is 0.0389. The number of halogens is 1. The van der Waals surface area contributed by atoms with Gasteiger partial charge >= 0.3 is 0 Å². The molecule has 2 rings (SSSR count). The minimum atomic E-state index is -0.371. The minimum absolute atomic E-state index is 0.0845. The highest BCUT2D eigenvalue weighted by molar-refractivity contribution is 7.80. The molecule has 0 bridgehead atoms. The zero-order chi connectivity index (χ0) is 16.7. The second-order valence-electron chi connectivity index (χ2n) is 5.47. The van der Waals surface area contributed by atoms with Crippen LogP contribution in [0, 0.1) is 5.82 Å². The maximum atomic E-state index is 13.7. The number of thiocarbonyl (C=S) groups is 1. The Labute approximate surface area is 142 Å². The Morgan fingerprint density at radius 2 is 2.17 bits per heavy atom. The average molecular weight is 341 g/mol. The highest BCUT2D eigenvalue weighted by Crippen LogP contribution is 2.21. The van der Waals surface area contributed by atoms with E-state index >= 15 is 0 Å². The third kappa shape index (κ3) is 5.60. The van der Waals surface area contributed by atoms with Crippen molar-refractivity contribution in [1.82, 2.24) is 15.5 Å². The lowest BCUT2D eigenvalue weighted by atomic mass is 10.1. The molecular formula is C16H24FN3O2S. The highest BCUT2D eigenvalue weighted by Gasteiger charge is 2.12. The number of ether oxygens (including phenoxy) is 2. The van der Waals surface area contributed by atoms with Gasteiger partial charge in [0.1, 0.15) is 0 Å². The molecule has 23 heavy (non-hydrogen) atoms. The zero-order valence-electron chi connectivity index (χ0n) is 13.6. The normalized spacial score (nSPS) is 16.7. The number of hydrogen-bond donors (Lipinski definition) is 2. The van der Waals surface area contributed by atoms with Crippen molar-refractivity contribution in [2.75, 3.05) is 46.5 Å². The molecule has 1 aliphatic heterocycles. The van der Waals surface area contributed by atoms with Crippen molar-refractivity contribution in [2.24, 2.45) is 0 Å². The maximum absolute atomic E-state index is 13.7. The molecule has 2 N–H and O–H groups in total. The molecule has 0 saturated carbocycles. The van der Waals surface area contributed by atoms with E-state index in [4.69, 9.17) is 21.7 Å². The second-order valence-corrected chi connectivity index (χ2v) is 5.88. The number of rotatable bonds is 6. The standard InChI is InChI=1S/C16H24FN3O2S/c1-12(13-3-4-15(21-2)14(17)11-13)19-16(23)18-5-6-20-7-9-22-10-8-20/h3-4,11-12H,5-10H2,1-2H3,(H2,18,19,23)/t12-/m0/s1. The van der Waals surface area contributed by atoms with E-state index in [-0.39, 0.29) is 17.6 Å². The first kappa shape index (κ1) is 17.9. The van der Waals surface area contributed by atoms with Crippen LogP contribution in [0.4, 0.5) is 4.39 Å². The summed E-state index contributed by atoms with van der Waals surface area (Å²) >= 11 is 5.29. The summed E-state index contributed by atoms with van der Waals surface area (Å²) in [7, 11) is 1.45. The molecule has 1 aliphatic rings. The van der Waals surface area contributed by atoms with Crippen LogP contribution in [0.2, 0.25) is 0 Å². The van der Waals surface area contributed by atoms with Gasteiger partial charge in [0.05, 0.1) is 26.4 Å². The Bertz CT molecular complexity index is 524. The summed E-state index contributed by atoms with van der Waals surface area (Å²) in [6.45, 7) is 7.15. The van der Waals surface area contributed by atoms with E-state index in [1.807, 2.05) is 13.0 Å². The summed E-state index contributed by atoms with van der Waals surface area (Å²) in [6.07, 6.45) is 0. The van der Waals surface area contributed by atoms with Gasteiger partial charge in [-0.15, -0.1) is 0 Å². The van der Waals surface area contributed by atoms with Crippen molar-refractivity contribution in [3.63, 3.8) is 0 Å². The molecule has 1 fully saturated rings. The molecule has 1 atom stereocenters. The highest BCUT2D eigenvalue weighted by atomic mass is 32.1. The van der Waals surface area contributed by atoms with Gasteiger partial charge in [-0.2, -0.15) is 0 Å². The number of morpholine rings is 1. The van der Waals surface area contributed by atoms with Crippen LogP contribution in [0.15, 0.2) is 18.2 Å². The lowest BCUT2D eigenvalue weighted by Gasteiger charge is -2.27. The van der Waals surface area contributed by atoms with E-state index in [0.717, 1.165) is 45.0 Å². The predicted octanol–water partition coefficient (Wildman–Crippen LogP) is 1.69. The van der Waals surface area contributed by atoms with Crippen molar-refractivity contribution in [3.05, 3.63) is 29.6 Å². The summed E-state index contributed by atoms with van der Waals surface area (Å²) in [5, 5.41) is 6.93. The Morgan fingerprint density at radius 1 is 1.43 bits per heavy atom. The summed E-state index contributed by atoms with van der Waals surface area (Å²) in [4.78, 5) is 2.33. The van der Waals surface area contributed by atoms with Gasteiger partial charge in [-0.05, 0) is 36.8 Å². The second kappa shape index (κ2) is 9.00. The Kier molecular flexibility index (Phi) is 7.01. The van der Waals surface area contributed by atoms with Crippen LogP contribution in [0.1, 0.15) is 18.5 Å². The molecule has 0 spiro atoms. The molecule has 0 unspecified atom stereocenters. The van der Waals surface area contributed by atoms with Gasteiger partial charge < -0.3 is 20.1 Å². The number of nitrogens with zero attached hydrogens (tertiary/aromatic N) is 1. The van der Waals surface area contributed by atoms with Gasteiger partial charge in [0.15, 0.2) is 16.7 Å². The first-order valence-electron chi connectivity index (χ1n) is 7.78. The minimum Gasteiger partial charge on any atom is -0.494 e. The number of hydrogen-bond acceptors (Lipinski definition) is 4. The van der Waals surface area contributed by atoms with E-state index in [1.54, 1.807) is 6.07 Å². The molecule has 128 valence electrons. The smallest absolute Gasteiger partial charge is 0.166 e. The van der Waals surface area contributed by atoms with Gasteiger partial charge in [-0.1, -0.05) is 6.07 Å². The number of nitrogens with one attached hydrogen (secondary N) is 2. The Balaban J connectivity index is 1.74. The van der Waals surface area contributed by atoms with Crippen LogP contribution in [0.5, 0.6) is 5.75 Å². The topological polar surface area (TPSA) is 45.8 Å². The fraction of sp³-hybridized carbons (Fsp3) is 0.562. The van der Waals surface area contributed by atoms with Gasteiger partial charge in [-0.3, -0.25) is 4.90 Å². The van der Waals surface area contributed by atoms with E-state index < -0.39 is 0 Å². The van der Waals surface area contributed by atoms with Crippen molar-refractivity contribution in [3.8, 4) is 5.75 Å². The van der Waals surface area contributed by atoms with Crippen molar-refractivity contribution >= 4 is 17.3 Å². The fourth-order valence-electron chi connectivity index (χ4n) is 2.44. The van der Waals surface area contributed by atoms with Gasteiger partial charge in [0.2, 0.25) is 0 Å². The molecule has 5 nitrogen and oxygen atoms in total. The van der Waals surface area contributed by atoms with Crippen molar-refractivity contribution < 1.29 is 13.9 Å². The van der Waals surface area contributed by atoms with E-state index in [0.29, 0.717) is 5.11 Å². The van der Waals surface area contributed by atoms with Crippen LogP contribution < -0.4 is 15.4 Å². The van der Waals surface area contributed by atoms with E-state index in [9.17, 15) is 4.39 Å². The molecule has 1 aromatic rings. The average Bonchev–Trinajstić information content (AvgIpc) is 2.55. The van der Waals surface area contributed by atoms with E-state index in [2.05, 4.69) is 15.5 Å². The molecule has 0 aromatic heterocycles. The van der Waals surface area contributed by atoms with Gasteiger partial charge in [0.25, 0.3) is 0 Å². The quantitative estimate of drug-likeness (QED) is 0.768. The van der Waals surface area contributed by atoms with Crippen LogP contribution in [-0.2, 0) is 4.74 Å². The molecule has 0 amide bonds. The molecule has 0 radical (unpaired) electrons. The third-order valence-electron chi connectivity index (χ3n) is 3.84. The van der Waals surface area contributed by atoms with E-state index in [1.165, 1.54) is 13.2 Å². The summed E-state index contributed by atoms with van der Waals surface area (Å²) < 4.78 is 24.0. The van der Waals surface area contributed by atoms with Crippen molar-refractivity contribution in [1.29, 1.82) is 0 Å². The largest absolute Gasteiger partial charge is 0.494 e. The fourth-order valence-corrected chi connectivity index (χ4v) is 2.71. The van der Waals surface area contributed by atoms with Crippen LogP contribution in [-0.4, -0.2) is 56.5 Å². The predicted molar refractivity (Wildman–Crippen MR) is 92.4 cm³/mol. The summed E-state index contributed by atoms with van der Waals surface area (Å²) in [6, 6.07) is 4.83. The third-order valence-corrected chi connectivity index (χ3v) is 4.10. The van der Waals surface area contributed by atoms with Crippen LogP contribution in [0.25, 0.3) is 0 Å². The van der Waals surface area contributed by atoms with Gasteiger partial charge in [-0.25, -0.2) is 4.39 Å². The number of benzene rings is 1.